The van der Waals surface area contributed by atoms with Crippen LogP contribution in [0.3, 0.4) is 0 Å². The molecule has 0 aliphatic carbocycles. The van der Waals surface area contributed by atoms with E-state index in [2.05, 4.69) is 21.1 Å². The number of benzene rings is 1. The van der Waals surface area contributed by atoms with E-state index >= 15 is 0 Å². The van der Waals surface area contributed by atoms with Crippen LogP contribution in [0.4, 0.5) is 10.5 Å². The zero-order valence-electron chi connectivity index (χ0n) is 13.4. The van der Waals surface area contributed by atoms with Gasteiger partial charge in [-0.2, -0.15) is 0 Å². The summed E-state index contributed by atoms with van der Waals surface area (Å²) < 4.78 is 4.99. The second-order valence-corrected chi connectivity index (χ2v) is 5.77. The van der Waals surface area contributed by atoms with Gasteiger partial charge in [0.15, 0.2) is 0 Å². The number of aromatic nitrogens is 1. The van der Waals surface area contributed by atoms with E-state index in [4.69, 9.17) is 4.52 Å². The largest absolute Gasteiger partial charge is 0.361 e. The predicted molar refractivity (Wildman–Crippen MR) is 84.4 cm³/mol. The Bertz CT molecular complexity index is 838. The topological polar surface area (TPSA) is 113 Å². The third kappa shape index (κ3) is 2.51. The highest BCUT2D eigenvalue weighted by molar-refractivity contribution is 6.08. The lowest BCUT2D eigenvalue weighted by Crippen LogP contribution is -2.40. The Morgan fingerprint density at radius 1 is 1.29 bits per heavy atom. The van der Waals surface area contributed by atoms with Crippen molar-refractivity contribution in [3.8, 4) is 0 Å². The summed E-state index contributed by atoms with van der Waals surface area (Å²) in [5.41, 5.74) is 0.741. The van der Waals surface area contributed by atoms with Crippen molar-refractivity contribution < 1.29 is 18.9 Å². The molecular weight excluding hydrogens is 312 g/mol. The first-order valence-corrected chi connectivity index (χ1v) is 7.29. The monoisotopic (exact) mass is 328 g/mol. The van der Waals surface area contributed by atoms with Gasteiger partial charge in [0, 0.05) is 5.69 Å². The molecule has 1 aromatic heterocycles. The number of nitrogens with one attached hydrogen (secondary N) is 3. The van der Waals surface area contributed by atoms with Crippen LogP contribution in [0.25, 0.3) is 0 Å². The number of carbonyl (C=O) groups is 3. The number of amides is 4. The molecule has 2 heterocycles. The average Bonchev–Trinajstić information content (AvgIpc) is 2.99. The van der Waals surface area contributed by atoms with Crippen molar-refractivity contribution in [3.63, 3.8) is 0 Å². The van der Waals surface area contributed by atoms with Crippen molar-refractivity contribution in [1.82, 2.24) is 15.8 Å². The van der Waals surface area contributed by atoms with Gasteiger partial charge in [-0.25, -0.2) is 4.79 Å². The molecule has 1 aliphatic heterocycles. The summed E-state index contributed by atoms with van der Waals surface area (Å²) in [4.78, 5) is 35.8. The minimum Gasteiger partial charge on any atom is -0.361 e. The highest BCUT2D eigenvalue weighted by Gasteiger charge is 2.43. The van der Waals surface area contributed by atoms with E-state index in [1.165, 1.54) is 0 Å². The van der Waals surface area contributed by atoms with Gasteiger partial charge in [0.05, 0.1) is 5.69 Å². The Labute approximate surface area is 137 Å². The zero-order valence-corrected chi connectivity index (χ0v) is 13.4. The number of aryl methyl sites for hydroxylation is 2. The van der Waals surface area contributed by atoms with E-state index < -0.39 is 17.5 Å². The normalized spacial score (nSPS) is 19.8. The zero-order chi connectivity index (χ0) is 17.5. The van der Waals surface area contributed by atoms with Crippen molar-refractivity contribution in [2.75, 3.05) is 5.32 Å². The standard InChI is InChI=1S/C16H16N4O4/c1-8-12(9(2)24-20-8)13(21)17-11-6-4-5-10(7-11)16(3)14(22)18-15(23)19-16/h4-7H,1-3H3,(H,17,21)(H2,18,19,22,23)/t16-/m0/s1. The van der Waals surface area contributed by atoms with Crippen LogP contribution in [0, 0.1) is 13.8 Å². The Balaban J connectivity index is 1.88. The van der Waals surface area contributed by atoms with Gasteiger partial charge in [-0.3, -0.25) is 14.9 Å². The van der Waals surface area contributed by atoms with E-state index in [9.17, 15) is 14.4 Å². The van der Waals surface area contributed by atoms with Gasteiger partial charge < -0.3 is 15.2 Å². The van der Waals surface area contributed by atoms with Crippen molar-refractivity contribution in [1.29, 1.82) is 0 Å². The minimum atomic E-state index is -1.18. The van der Waals surface area contributed by atoms with E-state index in [1.807, 2.05) is 0 Å². The number of anilines is 1. The van der Waals surface area contributed by atoms with Gasteiger partial charge >= 0.3 is 6.03 Å². The summed E-state index contributed by atoms with van der Waals surface area (Å²) in [5.74, 6) is -0.370. The molecule has 2 aromatic rings. The van der Waals surface area contributed by atoms with Gasteiger partial charge in [0.25, 0.3) is 11.8 Å². The molecule has 0 unspecified atom stereocenters. The lowest BCUT2D eigenvalue weighted by atomic mass is 9.92. The van der Waals surface area contributed by atoms with E-state index in [-0.39, 0.29) is 5.91 Å². The molecule has 0 saturated carbocycles. The van der Waals surface area contributed by atoms with Gasteiger partial charge in [0.2, 0.25) is 0 Å². The number of carbonyl (C=O) groups excluding carboxylic acids is 3. The van der Waals surface area contributed by atoms with Crippen LogP contribution in [-0.4, -0.2) is 23.0 Å². The second-order valence-electron chi connectivity index (χ2n) is 5.77. The molecule has 1 aromatic carbocycles. The average molecular weight is 328 g/mol. The van der Waals surface area contributed by atoms with Crippen LogP contribution in [0.1, 0.15) is 34.3 Å². The van der Waals surface area contributed by atoms with Gasteiger partial charge in [-0.05, 0) is 38.5 Å². The first kappa shape index (κ1) is 15.7. The lowest BCUT2D eigenvalue weighted by Gasteiger charge is -2.21. The Hall–Kier alpha value is -3.16. The molecule has 124 valence electrons. The molecule has 1 fully saturated rings. The molecule has 8 heteroatoms. The molecule has 1 atom stereocenters. The molecule has 0 spiro atoms. The van der Waals surface area contributed by atoms with Crippen LogP contribution in [0.5, 0.6) is 0 Å². The Kier molecular flexibility index (Phi) is 3.59. The predicted octanol–water partition coefficient (Wildman–Crippen LogP) is 1.60. The first-order valence-electron chi connectivity index (χ1n) is 7.29. The fourth-order valence-electron chi connectivity index (χ4n) is 2.66. The van der Waals surface area contributed by atoms with E-state index in [0.29, 0.717) is 28.3 Å². The smallest absolute Gasteiger partial charge is 0.322 e. The van der Waals surface area contributed by atoms with Crippen molar-refractivity contribution in [2.24, 2.45) is 0 Å². The van der Waals surface area contributed by atoms with Crippen LogP contribution in [0.2, 0.25) is 0 Å². The van der Waals surface area contributed by atoms with Crippen molar-refractivity contribution >= 4 is 23.5 Å². The van der Waals surface area contributed by atoms with E-state index in [1.54, 1.807) is 45.0 Å². The van der Waals surface area contributed by atoms with Crippen molar-refractivity contribution in [2.45, 2.75) is 26.3 Å². The highest BCUT2D eigenvalue weighted by Crippen LogP contribution is 2.27. The quantitative estimate of drug-likeness (QED) is 0.741. The maximum atomic E-state index is 12.4. The maximum Gasteiger partial charge on any atom is 0.322 e. The summed E-state index contributed by atoms with van der Waals surface area (Å²) >= 11 is 0. The molecule has 24 heavy (non-hydrogen) atoms. The number of imide groups is 1. The molecule has 0 radical (unpaired) electrons. The van der Waals surface area contributed by atoms with Gasteiger partial charge in [0.1, 0.15) is 16.9 Å². The van der Waals surface area contributed by atoms with Crippen molar-refractivity contribution in [3.05, 3.63) is 46.8 Å². The fourth-order valence-corrected chi connectivity index (χ4v) is 2.66. The SMILES string of the molecule is Cc1noc(C)c1C(=O)Nc1cccc([C@]2(C)NC(=O)NC2=O)c1. The van der Waals surface area contributed by atoms with Crippen LogP contribution < -0.4 is 16.0 Å². The molecule has 0 bridgehead atoms. The molecule has 1 aliphatic rings. The fraction of sp³-hybridized carbons (Fsp3) is 0.250. The maximum absolute atomic E-state index is 12.4. The number of rotatable bonds is 3. The number of hydrogen-bond donors (Lipinski definition) is 3. The Morgan fingerprint density at radius 3 is 2.62 bits per heavy atom. The third-order valence-electron chi connectivity index (χ3n) is 4.00. The summed E-state index contributed by atoms with van der Waals surface area (Å²) in [6, 6.07) is 6.18. The number of urea groups is 1. The number of hydrogen-bond acceptors (Lipinski definition) is 5. The molecule has 1 saturated heterocycles. The molecular formula is C16H16N4O4. The highest BCUT2D eigenvalue weighted by atomic mass is 16.5. The summed E-state index contributed by atoms with van der Waals surface area (Å²) in [7, 11) is 0. The summed E-state index contributed by atoms with van der Waals surface area (Å²) in [6.07, 6.45) is 0. The van der Waals surface area contributed by atoms with Crippen LogP contribution in [-0.2, 0) is 10.3 Å². The molecule has 3 rings (SSSR count). The van der Waals surface area contributed by atoms with E-state index in [0.717, 1.165) is 0 Å². The van der Waals surface area contributed by atoms with Crippen LogP contribution in [0.15, 0.2) is 28.8 Å². The molecule has 4 amide bonds. The van der Waals surface area contributed by atoms with Crippen LogP contribution >= 0.6 is 0 Å². The third-order valence-corrected chi connectivity index (χ3v) is 4.00. The lowest BCUT2D eigenvalue weighted by molar-refractivity contribution is -0.123. The minimum absolute atomic E-state index is 0.353. The molecule has 3 N–H and O–H groups in total. The molecule has 8 nitrogen and oxygen atoms in total. The second kappa shape index (κ2) is 5.48. The summed E-state index contributed by atoms with van der Waals surface area (Å²) in [5, 5.41) is 11.3. The number of nitrogens with zero attached hydrogens (tertiary/aromatic N) is 1. The Morgan fingerprint density at radius 2 is 2.04 bits per heavy atom. The summed E-state index contributed by atoms with van der Waals surface area (Å²) in [6.45, 7) is 4.94. The van der Waals surface area contributed by atoms with Gasteiger partial charge in [-0.1, -0.05) is 17.3 Å². The van der Waals surface area contributed by atoms with Gasteiger partial charge in [-0.15, -0.1) is 0 Å². The first-order chi connectivity index (χ1) is 11.3.